The topological polar surface area (TPSA) is 111 Å². The Morgan fingerprint density at radius 2 is 1.95 bits per heavy atom. The van der Waals surface area contributed by atoms with Crippen molar-refractivity contribution in [1.82, 2.24) is 29.5 Å². The molecule has 1 aliphatic carbocycles. The molecule has 1 aliphatic heterocycles. The summed E-state index contributed by atoms with van der Waals surface area (Å²) in [5.41, 5.74) is 8.24. The maximum absolute atomic E-state index is 14.1. The Labute approximate surface area is 226 Å². The lowest BCUT2D eigenvalue weighted by atomic mass is 9.91. The molecule has 39 heavy (non-hydrogen) atoms. The molecule has 12 heteroatoms. The highest BCUT2D eigenvalue weighted by Gasteiger charge is 2.65. The van der Waals surface area contributed by atoms with Crippen LogP contribution in [0.5, 0.6) is 0 Å². The number of benzene rings is 2. The van der Waals surface area contributed by atoms with E-state index in [4.69, 9.17) is 22.3 Å². The summed E-state index contributed by atoms with van der Waals surface area (Å²) in [6, 6.07) is 7.32. The molecular formula is C27H25ClF2N8O. The zero-order chi connectivity index (χ0) is 27.2. The molecular weight excluding hydrogens is 526 g/mol. The van der Waals surface area contributed by atoms with Crippen molar-refractivity contribution in [3.05, 3.63) is 69.1 Å². The van der Waals surface area contributed by atoms with Crippen LogP contribution in [0.1, 0.15) is 12.0 Å². The van der Waals surface area contributed by atoms with Crippen molar-refractivity contribution in [2.24, 2.45) is 31.7 Å². The van der Waals surface area contributed by atoms with Crippen LogP contribution < -0.4 is 16.2 Å². The number of aromatic nitrogens is 6. The minimum atomic E-state index is -0.607. The molecule has 3 N–H and O–H groups in total. The number of rotatable bonds is 4. The van der Waals surface area contributed by atoms with Crippen LogP contribution in [-0.4, -0.2) is 49.2 Å². The van der Waals surface area contributed by atoms with Gasteiger partial charge in [0, 0.05) is 62.4 Å². The molecule has 2 aliphatic rings. The molecule has 2 fully saturated rings. The van der Waals surface area contributed by atoms with Crippen molar-refractivity contribution in [2.45, 2.75) is 11.8 Å². The third-order valence-corrected chi connectivity index (χ3v) is 9.03. The predicted octanol–water partition coefficient (Wildman–Crippen LogP) is 3.49. The molecule has 200 valence electrons. The van der Waals surface area contributed by atoms with E-state index >= 15 is 0 Å². The zero-order valence-electron chi connectivity index (χ0n) is 21.3. The highest BCUT2D eigenvalue weighted by molar-refractivity contribution is 6.38. The van der Waals surface area contributed by atoms with Gasteiger partial charge in [-0.25, -0.2) is 8.78 Å². The fraction of sp³-hybridized carbons (Fsp3) is 0.333. The minimum Gasteiger partial charge on any atom is -0.342 e. The molecule has 0 bridgehead atoms. The van der Waals surface area contributed by atoms with E-state index in [1.54, 1.807) is 11.7 Å². The van der Waals surface area contributed by atoms with Gasteiger partial charge in [0.15, 0.2) is 5.65 Å². The zero-order valence-corrected chi connectivity index (χ0v) is 22.0. The second kappa shape index (κ2) is 8.33. The van der Waals surface area contributed by atoms with Gasteiger partial charge in [-0.1, -0.05) is 11.6 Å². The average Bonchev–Trinajstić information content (AvgIpc) is 3.13. The summed E-state index contributed by atoms with van der Waals surface area (Å²) < 4.78 is 31.3. The van der Waals surface area contributed by atoms with Gasteiger partial charge in [0.25, 0.3) is 5.56 Å². The lowest BCUT2D eigenvalue weighted by molar-refractivity contribution is 0.533. The molecule has 0 amide bonds. The van der Waals surface area contributed by atoms with E-state index in [0.29, 0.717) is 51.9 Å². The molecule has 1 saturated heterocycles. The normalized spacial score (nSPS) is 22.6. The van der Waals surface area contributed by atoms with Gasteiger partial charge < -0.3 is 10.6 Å². The van der Waals surface area contributed by atoms with Crippen LogP contribution >= 0.6 is 11.6 Å². The third-order valence-electron chi connectivity index (χ3n) is 8.63. The molecule has 1 saturated carbocycles. The number of nitrogens with zero attached hydrogens (tertiary/aromatic N) is 6. The maximum Gasteiger partial charge on any atom is 0.266 e. The van der Waals surface area contributed by atoms with Gasteiger partial charge in [0.2, 0.25) is 5.95 Å². The van der Waals surface area contributed by atoms with Crippen molar-refractivity contribution < 1.29 is 8.78 Å². The summed E-state index contributed by atoms with van der Waals surface area (Å²) >= 11 is 6.73. The first-order valence-corrected chi connectivity index (χ1v) is 13.1. The van der Waals surface area contributed by atoms with Crippen LogP contribution in [0.15, 0.2) is 41.3 Å². The lowest BCUT2D eigenvalue weighted by Gasteiger charge is -2.28. The van der Waals surface area contributed by atoms with Crippen LogP contribution in [0.4, 0.5) is 14.7 Å². The monoisotopic (exact) mass is 550 g/mol. The number of nitrogens with one attached hydrogen (secondary N) is 1. The van der Waals surface area contributed by atoms with Crippen LogP contribution in [0.2, 0.25) is 5.02 Å². The van der Waals surface area contributed by atoms with E-state index in [1.807, 2.05) is 30.3 Å². The number of fused-ring (bicyclic) bond motifs is 3. The van der Waals surface area contributed by atoms with E-state index in [1.165, 1.54) is 16.7 Å². The Hall–Kier alpha value is -3.83. The number of aryl methyl sites for hydroxylation is 1. The lowest BCUT2D eigenvalue weighted by Crippen LogP contribution is -2.37. The predicted molar refractivity (Wildman–Crippen MR) is 145 cm³/mol. The van der Waals surface area contributed by atoms with Gasteiger partial charge in [-0.15, -0.1) is 0 Å². The standard InChI is InChI=1S/C27H25ClF2N8O/c1-36-10-17-20(35-36)4-3-16(22(17)28)23-21-24(34-33-23)32-26(37(2)25(21)39)38-6-5-18-19(11-38)27(18,12-31)13-7-14(29)9-15(30)8-13/h3-4,7-10,18-19H,5-6,11-12,31H2,1-2H3,(H,33,34)/t18-,19+,27+/m1/s1. The number of hydrogen-bond acceptors (Lipinski definition) is 6. The van der Waals surface area contributed by atoms with Gasteiger partial charge in [0.05, 0.1) is 16.2 Å². The number of piperidine rings is 1. The maximum atomic E-state index is 14.1. The molecule has 0 radical (unpaired) electrons. The van der Waals surface area contributed by atoms with Crippen LogP contribution in [0.3, 0.4) is 0 Å². The minimum absolute atomic E-state index is 0.0878. The second-order valence-corrected chi connectivity index (χ2v) is 11.0. The fourth-order valence-corrected chi connectivity index (χ4v) is 7.03. The largest absolute Gasteiger partial charge is 0.342 e. The van der Waals surface area contributed by atoms with Gasteiger partial charge in [0.1, 0.15) is 17.0 Å². The Morgan fingerprint density at radius 3 is 2.69 bits per heavy atom. The summed E-state index contributed by atoms with van der Waals surface area (Å²) in [6.07, 6.45) is 2.59. The summed E-state index contributed by atoms with van der Waals surface area (Å²) in [4.78, 5) is 20.5. The van der Waals surface area contributed by atoms with Crippen molar-refractivity contribution in [2.75, 3.05) is 24.5 Å². The first-order chi connectivity index (χ1) is 18.7. The van der Waals surface area contributed by atoms with Crippen molar-refractivity contribution in [3.8, 4) is 11.3 Å². The molecule has 3 atom stereocenters. The second-order valence-electron chi connectivity index (χ2n) is 10.6. The van der Waals surface area contributed by atoms with Gasteiger partial charge >= 0.3 is 0 Å². The van der Waals surface area contributed by atoms with Crippen molar-refractivity contribution in [3.63, 3.8) is 0 Å². The molecule has 9 nitrogen and oxygen atoms in total. The average molecular weight is 551 g/mol. The molecule has 5 aromatic rings. The first kappa shape index (κ1) is 24.2. The number of anilines is 1. The van der Waals surface area contributed by atoms with E-state index in [-0.39, 0.29) is 23.9 Å². The summed E-state index contributed by atoms with van der Waals surface area (Å²) in [5, 5.41) is 13.3. The van der Waals surface area contributed by atoms with Gasteiger partial charge in [-0.3, -0.25) is 19.1 Å². The summed E-state index contributed by atoms with van der Waals surface area (Å²) in [5.74, 6) is -0.428. The van der Waals surface area contributed by atoms with E-state index in [0.717, 1.165) is 23.4 Å². The molecule has 3 aromatic heterocycles. The Kier molecular flexibility index (Phi) is 5.18. The highest BCUT2D eigenvalue weighted by atomic mass is 35.5. The highest BCUT2D eigenvalue weighted by Crippen LogP contribution is 2.63. The number of H-pyrrole nitrogens is 1. The van der Waals surface area contributed by atoms with E-state index < -0.39 is 17.0 Å². The number of nitrogens with two attached hydrogens (primary N) is 1. The Balaban J connectivity index is 1.26. The number of aromatic amines is 1. The molecule has 7 rings (SSSR count). The SMILES string of the molecule is Cn1cc2c(Cl)c(-c3[nH]nc4nc(N5CC[C@@H]6[C@H](C5)[C@@]6(CN)c5cc(F)cc(F)c5)n(C)c(=O)c34)ccc2n1. The quantitative estimate of drug-likeness (QED) is 0.354. The van der Waals surface area contributed by atoms with Crippen LogP contribution in [0, 0.1) is 23.5 Å². The van der Waals surface area contributed by atoms with Crippen LogP contribution in [0.25, 0.3) is 33.2 Å². The molecule has 0 spiro atoms. The smallest absolute Gasteiger partial charge is 0.266 e. The molecule has 2 aromatic carbocycles. The van der Waals surface area contributed by atoms with Crippen LogP contribution in [-0.2, 0) is 19.5 Å². The van der Waals surface area contributed by atoms with Gasteiger partial charge in [-0.2, -0.15) is 15.2 Å². The number of hydrogen-bond donors (Lipinski definition) is 2. The Morgan fingerprint density at radius 1 is 1.18 bits per heavy atom. The fourth-order valence-electron chi connectivity index (χ4n) is 6.72. The van der Waals surface area contributed by atoms with Crippen molar-refractivity contribution in [1.29, 1.82) is 0 Å². The molecule has 0 unspecified atom stereocenters. The molecule has 4 heterocycles. The van der Waals surface area contributed by atoms with E-state index in [9.17, 15) is 13.6 Å². The van der Waals surface area contributed by atoms with E-state index in [2.05, 4.69) is 15.3 Å². The summed E-state index contributed by atoms with van der Waals surface area (Å²) in [7, 11) is 3.51. The number of halogens is 3. The van der Waals surface area contributed by atoms with Gasteiger partial charge in [-0.05, 0) is 48.1 Å². The first-order valence-electron chi connectivity index (χ1n) is 12.7. The van der Waals surface area contributed by atoms with Crippen molar-refractivity contribution >= 4 is 39.5 Å². The summed E-state index contributed by atoms with van der Waals surface area (Å²) in [6.45, 7) is 1.48. The Bertz CT molecular complexity index is 1840. The third kappa shape index (κ3) is 3.39.